The molecule has 2 atom stereocenters. The smallest absolute Gasteiger partial charge is 0.294 e. The highest BCUT2D eigenvalue weighted by Crippen LogP contribution is 2.40. The second kappa shape index (κ2) is 8.51. The number of hydrogen-bond donors (Lipinski definition) is 0. The quantitative estimate of drug-likeness (QED) is 0.292. The second-order valence-electron chi connectivity index (χ2n) is 8.55. The lowest BCUT2D eigenvalue weighted by Gasteiger charge is -2.37. The molecule has 3 aliphatic rings. The molecule has 0 unspecified atom stereocenters. The molecule has 0 radical (unpaired) electrons. The van der Waals surface area contributed by atoms with Crippen molar-refractivity contribution in [3.8, 4) is 0 Å². The molecule has 170 valence electrons. The number of nitro groups is 1. The summed E-state index contributed by atoms with van der Waals surface area (Å²) in [5, 5.41) is 12.6. The molecule has 0 aromatic heterocycles. The first-order chi connectivity index (χ1) is 15.9. The monoisotopic (exact) mass is 466 g/mol. The van der Waals surface area contributed by atoms with Crippen molar-refractivity contribution in [2.75, 3.05) is 40.9 Å². The minimum absolute atomic E-state index is 0.0997. The van der Waals surface area contributed by atoms with Crippen LogP contribution in [0.5, 0.6) is 0 Å². The molecule has 33 heavy (non-hydrogen) atoms. The highest BCUT2D eigenvalue weighted by atomic mass is 35.5. The van der Waals surface area contributed by atoms with Crippen molar-refractivity contribution in [2.45, 2.75) is 12.8 Å². The number of amides is 2. The Morgan fingerprint density at radius 1 is 0.848 bits per heavy atom. The van der Waals surface area contributed by atoms with E-state index in [-0.39, 0.29) is 35.0 Å². The van der Waals surface area contributed by atoms with Crippen LogP contribution in [0.3, 0.4) is 0 Å². The fourth-order valence-corrected chi connectivity index (χ4v) is 5.18. The van der Waals surface area contributed by atoms with Crippen LogP contribution in [0.25, 0.3) is 0 Å². The molecule has 2 aromatic rings. The Morgan fingerprint density at radius 3 is 2.09 bits per heavy atom. The maximum Gasteiger partial charge on any atom is 0.294 e. The SMILES string of the molecule is O=C1[C@H]2CC=CC[C@H]2C(=O)N1c1ccc(N2CCN(c3cccc(Cl)c3)CC2)c([N+](=O)[O-])c1. The van der Waals surface area contributed by atoms with Crippen LogP contribution in [-0.4, -0.2) is 42.9 Å². The van der Waals surface area contributed by atoms with Crippen molar-refractivity contribution in [3.05, 3.63) is 69.8 Å². The summed E-state index contributed by atoms with van der Waals surface area (Å²) >= 11 is 6.11. The third kappa shape index (κ3) is 3.84. The number of imide groups is 1. The first-order valence-corrected chi connectivity index (χ1v) is 11.4. The van der Waals surface area contributed by atoms with Gasteiger partial charge < -0.3 is 9.80 Å². The Morgan fingerprint density at radius 2 is 1.48 bits per heavy atom. The molecule has 8 nitrogen and oxygen atoms in total. The molecule has 0 spiro atoms. The Balaban J connectivity index is 1.37. The number of fused-ring (bicyclic) bond motifs is 1. The molecule has 2 aromatic carbocycles. The topological polar surface area (TPSA) is 87.0 Å². The van der Waals surface area contributed by atoms with Gasteiger partial charge in [-0.15, -0.1) is 0 Å². The van der Waals surface area contributed by atoms with Crippen LogP contribution in [0, 0.1) is 22.0 Å². The van der Waals surface area contributed by atoms with Crippen LogP contribution in [-0.2, 0) is 9.59 Å². The number of allylic oxidation sites excluding steroid dienone is 2. The zero-order valence-corrected chi connectivity index (χ0v) is 18.6. The number of carbonyl (C=O) groups is 2. The molecule has 2 saturated heterocycles. The van der Waals surface area contributed by atoms with Crippen LogP contribution in [0.15, 0.2) is 54.6 Å². The summed E-state index contributed by atoms with van der Waals surface area (Å²) in [6.45, 7) is 2.59. The number of carbonyl (C=O) groups excluding carboxylic acids is 2. The summed E-state index contributed by atoms with van der Waals surface area (Å²) in [5.41, 5.74) is 1.69. The third-order valence-corrected chi connectivity index (χ3v) is 6.95. The van der Waals surface area contributed by atoms with Crippen LogP contribution in [0.2, 0.25) is 5.02 Å². The van der Waals surface area contributed by atoms with Crippen molar-refractivity contribution in [3.63, 3.8) is 0 Å². The van der Waals surface area contributed by atoms with Gasteiger partial charge in [-0.05, 0) is 43.2 Å². The molecular formula is C24H23ClN4O4. The molecule has 2 aliphatic heterocycles. The van der Waals surface area contributed by atoms with Gasteiger partial charge in [0.2, 0.25) is 11.8 Å². The van der Waals surface area contributed by atoms with E-state index in [0.29, 0.717) is 49.7 Å². The van der Waals surface area contributed by atoms with E-state index in [1.165, 1.54) is 6.07 Å². The molecular weight excluding hydrogens is 444 g/mol. The van der Waals surface area contributed by atoms with Gasteiger partial charge in [0.05, 0.1) is 22.4 Å². The van der Waals surface area contributed by atoms with Crippen LogP contribution < -0.4 is 14.7 Å². The highest BCUT2D eigenvalue weighted by Gasteiger charge is 2.48. The van der Waals surface area contributed by atoms with Crippen molar-refractivity contribution in [1.29, 1.82) is 0 Å². The number of benzene rings is 2. The first-order valence-electron chi connectivity index (χ1n) is 11.0. The number of anilines is 3. The number of halogens is 1. The minimum Gasteiger partial charge on any atom is -0.368 e. The number of hydrogen-bond acceptors (Lipinski definition) is 6. The van der Waals surface area contributed by atoms with Gasteiger partial charge in [-0.3, -0.25) is 19.7 Å². The molecule has 2 fully saturated rings. The van der Waals surface area contributed by atoms with E-state index in [1.807, 2.05) is 41.3 Å². The summed E-state index contributed by atoms with van der Waals surface area (Å²) in [6.07, 6.45) is 4.90. The first kappa shape index (κ1) is 21.5. The van der Waals surface area contributed by atoms with E-state index < -0.39 is 4.92 Å². The normalized spacial score (nSPS) is 22.6. The predicted molar refractivity (Wildman–Crippen MR) is 127 cm³/mol. The molecule has 2 heterocycles. The van der Waals surface area contributed by atoms with Gasteiger partial charge in [-0.25, -0.2) is 4.90 Å². The van der Waals surface area contributed by atoms with E-state index in [1.54, 1.807) is 12.1 Å². The Bertz CT molecular complexity index is 1130. The largest absolute Gasteiger partial charge is 0.368 e. The Labute approximate surface area is 196 Å². The van der Waals surface area contributed by atoms with Crippen molar-refractivity contribution < 1.29 is 14.5 Å². The zero-order valence-electron chi connectivity index (χ0n) is 17.9. The lowest BCUT2D eigenvalue weighted by atomic mass is 9.85. The standard InChI is InChI=1S/C24H23ClN4O4/c25-16-4-3-5-17(14-16)26-10-12-27(13-11-26)21-9-8-18(15-22(21)29(32)33)28-23(30)19-6-1-2-7-20(19)24(28)31/h1-5,8-9,14-15,19-20H,6-7,10-13H2/t19-,20+. The van der Waals surface area contributed by atoms with Gasteiger partial charge in [0.15, 0.2) is 0 Å². The van der Waals surface area contributed by atoms with E-state index in [2.05, 4.69) is 4.90 Å². The molecule has 2 amide bonds. The Hall–Kier alpha value is -3.39. The third-order valence-electron chi connectivity index (χ3n) is 6.72. The van der Waals surface area contributed by atoms with Gasteiger partial charge in [-0.1, -0.05) is 29.8 Å². The van der Waals surface area contributed by atoms with Crippen molar-refractivity contribution in [1.82, 2.24) is 0 Å². The van der Waals surface area contributed by atoms with Crippen molar-refractivity contribution in [2.24, 2.45) is 11.8 Å². The van der Waals surface area contributed by atoms with Crippen LogP contribution >= 0.6 is 11.6 Å². The molecule has 1 aliphatic carbocycles. The predicted octanol–water partition coefficient (Wildman–Crippen LogP) is 4.03. The Kier molecular flexibility index (Phi) is 5.54. The molecule has 9 heteroatoms. The zero-order chi connectivity index (χ0) is 23.1. The number of nitro benzene ring substituents is 1. The summed E-state index contributed by atoms with van der Waals surface area (Å²) in [6, 6.07) is 12.3. The average molecular weight is 467 g/mol. The fraction of sp³-hybridized carbons (Fsp3) is 0.333. The van der Waals surface area contributed by atoms with Gasteiger partial charge in [0.1, 0.15) is 5.69 Å². The second-order valence-corrected chi connectivity index (χ2v) is 8.99. The van der Waals surface area contributed by atoms with Gasteiger partial charge >= 0.3 is 0 Å². The lowest BCUT2D eigenvalue weighted by Crippen LogP contribution is -2.46. The molecule has 5 rings (SSSR count). The summed E-state index contributed by atoms with van der Waals surface area (Å²) < 4.78 is 0. The molecule has 0 bridgehead atoms. The maximum absolute atomic E-state index is 12.9. The van der Waals surface area contributed by atoms with Crippen LogP contribution in [0.1, 0.15) is 12.8 Å². The van der Waals surface area contributed by atoms with Crippen molar-refractivity contribution >= 4 is 46.2 Å². The van der Waals surface area contributed by atoms with E-state index in [9.17, 15) is 19.7 Å². The molecule has 0 saturated carbocycles. The van der Waals surface area contributed by atoms with Gasteiger partial charge in [0, 0.05) is 43.0 Å². The summed E-state index contributed by atoms with van der Waals surface area (Å²) in [7, 11) is 0. The maximum atomic E-state index is 12.9. The average Bonchev–Trinajstić information content (AvgIpc) is 3.09. The minimum atomic E-state index is -0.443. The van der Waals surface area contributed by atoms with Gasteiger partial charge in [-0.2, -0.15) is 0 Å². The lowest BCUT2D eigenvalue weighted by molar-refractivity contribution is -0.384. The summed E-state index contributed by atoms with van der Waals surface area (Å²) in [5.74, 6) is -1.29. The van der Waals surface area contributed by atoms with Crippen LogP contribution in [0.4, 0.5) is 22.7 Å². The fourth-order valence-electron chi connectivity index (χ4n) is 5.00. The number of rotatable bonds is 4. The molecule has 0 N–H and O–H groups in total. The highest BCUT2D eigenvalue weighted by molar-refractivity contribution is 6.30. The number of nitrogens with zero attached hydrogens (tertiary/aromatic N) is 4. The van der Waals surface area contributed by atoms with E-state index in [4.69, 9.17) is 11.6 Å². The number of piperazine rings is 1. The van der Waals surface area contributed by atoms with Gasteiger partial charge in [0.25, 0.3) is 5.69 Å². The van der Waals surface area contributed by atoms with E-state index >= 15 is 0 Å². The summed E-state index contributed by atoms with van der Waals surface area (Å²) in [4.78, 5) is 42.6. The van der Waals surface area contributed by atoms with E-state index in [0.717, 1.165) is 10.6 Å².